The SMILES string of the molecule is CC(C)c1ccc(C(=O)NC(=O)CCl)cc1. The Kier molecular flexibility index (Phi) is 4.50. The molecule has 0 saturated carbocycles. The molecule has 0 fully saturated rings. The first-order chi connectivity index (χ1) is 7.54. The molecule has 16 heavy (non-hydrogen) atoms. The normalized spacial score (nSPS) is 10.2. The van der Waals surface area contributed by atoms with Crippen LogP contribution in [-0.4, -0.2) is 17.7 Å². The van der Waals surface area contributed by atoms with Crippen LogP contribution in [0.1, 0.15) is 35.7 Å². The molecule has 0 heterocycles. The van der Waals surface area contributed by atoms with Crippen LogP contribution in [0.3, 0.4) is 0 Å². The van der Waals surface area contributed by atoms with Crippen LogP contribution in [0.15, 0.2) is 24.3 Å². The van der Waals surface area contributed by atoms with Crippen molar-refractivity contribution in [1.82, 2.24) is 5.32 Å². The van der Waals surface area contributed by atoms with Gasteiger partial charge in [0.05, 0.1) is 0 Å². The van der Waals surface area contributed by atoms with Crippen LogP contribution in [0.5, 0.6) is 0 Å². The van der Waals surface area contributed by atoms with Crippen LogP contribution in [0.4, 0.5) is 0 Å². The van der Waals surface area contributed by atoms with Gasteiger partial charge in [-0.2, -0.15) is 0 Å². The summed E-state index contributed by atoms with van der Waals surface area (Å²) in [7, 11) is 0. The van der Waals surface area contributed by atoms with Gasteiger partial charge in [-0.3, -0.25) is 14.9 Å². The van der Waals surface area contributed by atoms with Gasteiger partial charge in [0.1, 0.15) is 5.88 Å². The number of hydrogen-bond acceptors (Lipinski definition) is 2. The molecule has 4 heteroatoms. The molecule has 0 aliphatic heterocycles. The molecule has 0 aliphatic carbocycles. The van der Waals surface area contributed by atoms with E-state index in [1.807, 2.05) is 12.1 Å². The second kappa shape index (κ2) is 5.66. The van der Waals surface area contributed by atoms with Gasteiger partial charge in [-0.05, 0) is 23.6 Å². The zero-order valence-corrected chi connectivity index (χ0v) is 10.0. The third kappa shape index (κ3) is 3.35. The number of nitrogens with one attached hydrogen (secondary N) is 1. The standard InChI is InChI=1S/C12H14ClNO2/c1-8(2)9-3-5-10(6-4-9)12(16)14-11(15)7-13/h3-6,8H,7H2,1-2H3,(H,14,15,16). The summed E-state index contributed by atoms with van der Waals surface area (Å²) in [6.07, 6.45) is 0. The molecule has 0 spiro atoms. The topological polar surface area (TPSA) is 46.2 Å². The Morgan fingerprint density at radius 3 is 2.25 bits per heavy atom. The van der Waals surface area contributed by atoms with Crippen LogP contribution < -0.4 is 5.32 Å². The van der Waals surface area contributed by atoms with E-state index >= 15 is 0 Å². The van der Waals surface area contributed by atoms with Gasteiger partial charge < -0.3 is 0 Å². The van der Waals surface area contributed by atoms with Crippen molar-refractivity contribution in [2.45, 2.75) is 19.8 Å². The molecular formula is C12H14ClNO2. The molecule has 1 aromatic rings. The average Bonchev–Trinajstić information content (AvgIpc) is 2.28. The lowest BCUT2D eigenvalue weighted by Gasteiger charge is -2.06. The average molecular weight is 240 g/mol. The highest BCUT2D eigenvalue weighted by molar-refractivity contribution is 6.28. The van der Waals surface area contributed by atoms with E-state index in [-0.39, 0.29) is 5.88 Å². The van der Waals surface area contributed by atoms with Crippen molar-refractivity contribution in [2.75, 3.05) is 5.88 Å². The first kappa shape index (κ1) is 12.7. The van der Waals surface area contributed by atoms with Crippen molar-refractivity contribution in [3.05, 3.63) is 35.4 Å². The predicted octanol–water partition coefficient (Wildman–Crippen LogP) is 2.31. The molecule has 3 nitrogen and oxygen atoms in total. The van der Waals surface area contributed by atoms with Gasteiger partial charge in [0.2, 0.25) is 5.91 Å². The van der Waals surface area contributed by atoms with E-state index in [1.165, 1.54) is 0 Å². The maximum atomic E-state index is 11.5. The van der Waals surface area contributed by atoms with Gasteiger partial charge in [-0.1, -0.05) is 26.0 Å². The highest BCUT2D eigenvalue weighted by Crippen LogP contribution is 2.14. The minimum absolute atomic E-state index is 0.212. The maximum absolute atomic E-state index is 11.5. The van der Waals surface area contributed by atoms with Gasteiger partial charge in [0.15, 0.2) is 0 Å². The molecule has 0 saturated heterocycles. The lowest BCUT2D eigenvalue weighted by Crippen LogP contribution is -2.31. The van der Waals surface area contributed by atoms with Crippen LogP contribution >= 0.6 is 11.6 Å². The minimum Gasteiger partial charge on any atom is -0.291 e. The molecule has 0 aromatic heterocycles. The summed E-state index contributed by atoms with van der Waals surface area (Å²) in [4.78, 5) is 22.4. The lowest BCUT2D eigenvalue weighted by molar-refractivity contribution is -0.117. The molecule has 0 unspecified atom stereocenters. The van der Waals surface area contributed by atoms with E-state index in [0.717, 1.165) is 5.56 Å². The van der Waals surface area contributed by atoms with Crippen molar-refractivity contribution in [2.24, 2.45) is 0 Å². The predicted molar refractivity (Wildman–Crippen MR) is 63.7 cm³/mol. The Hall–Kier alpha value is -1.35. The van der Waals surface area contributed by atoms with Crippen LogP contribution in [0, 0.1) is 0 Å². The number of amides is 2. The number of imide groups is 1. The highest BCUT2D eigenvalue weighted by Gasteiger charge is 2.09. The fraction of sp³-hybridized carbons (Fsp3) is 0.333. The second-order valence-electron chi connectivity index (χ2n) is 3.79. The Morgan fingerprint density at radius 1 is 1.25 bits per heavy atom. The minimum atomic E-state index is -0.486. The van der Waals surface area contributed by atoms with E-state index in [4.69, 9.17) is 11.6 Å². The number of halogens is 1. The highest BCUT2D eigenvalue weighted by atomic mass is 35.5. The third-order valence-corrected chi connectivity index (χ3v) is 2.46. The number of rotatable bonds is 3. The van der Waals surface area contributed by atoms with E-state index < -0.39 is 11.8 Å². The van der Waals surface area contributed by atoms with Gasteiger partial charge in [-0.25, -0.2) is 0 Å². The van der Waals surface area contributed by atoms with Crippen LogP contribution in [0.2, 0.25) is 0 Å². The fourth-order valence-electron chi connectivity index (χ4n) is 1.25. The summed E-state index contributed by atoms with van der Waals surface area (Å²) in [5.74, 6) is -0.697. The first-order valence-corrected chi connectivity index (χ1v) is 5.58. The van der Waals surface area contributed by atoms with E-state index in [1.54, 1.807) is 12.1 Å². The molecular weight excluding hydrogens is 226 g/mol. The van der Waals surface area contributed by atoms with Crippen LogP contribution in [-0.2, 0) is 4.79 Å². The number of alkyl halides is 1. The number of carbonyl (C=O) groups is 2. The fourth-order valence-corrected chi connectivity index (χ4v) is 1.32. The second-order valence-corrected chi connectivity index (χ2v) is 4.05. The molecule has 0 aliphatic rings. The van der Waals surface area contributed by atoms with Crippen LogP contribution in [0.25, 0.3) is 0 Å². The molecule has 1 aromatic carbocycles. The summed E-state index contributed by atoms with van der Waals surface area (Å²) in [6.45, 7) is 4.15. The van der Waals surface area contributed by atoms with Gasteiger partial charge in [0.25, 0.3) is 5.91 Å². The van der Waals surface area contributed by atoms with Crippen molar-refractivity contribution in [3.63, 3.8) is 0 Å². The zero-order chi connectivity index (χ0) is 12.1. The maximum Gasteiger partial charge on any atom is 0.257 e. The summed E-state index contributed by atoms with van der Waals surface area (Å²) in [6, 6.07) is 7.16. The number of benzene rings is 1. The number of hydrogen-bond donors (Lipinski definition) is 1. The Bertz CT molecular complexity index is 385. The number of carbonyl (C=O) groups excluding carboxylic acids is 2. The Morgan fingerprint density at radius 2 is 1.81 bits per heavy atom. The lowest BCUT2D eigenvalue weighted by atomic mass is 10.0. The van der Waals surface area contributed by atoms with Crippen molar-refractivity contribution < 1.29 is 9.59 Å². The van der Waals surface area contributed by atoms with Gasteiger partial charge in [0, 0.05) is 5.56 Å². The molecule has 86 valence electrons. The smallest absolute Gasteiger partial charge is 0.257 e. The molecule has 1 rings (SSSR count). The zero-order valence-electron chi connectivity index (χ0n) is 9.29. The van der Waals surface area contributed by atoms with Gasteiger partial charge >= 0.3 is 0 Å². The molecule has 0 bridgehead atoms. The quantitative estimate of drug-likeness (QED) is 0.823. The Balaban J connectivity index is 2.74. The summed E-state index contributed by atoms with van der Waals surface area (Å²) < 4.78 is 0. The van der Waals surface area contributed by atoms with E-state index in [9.17, 15) is 9.59 Å². The molecule has 1 N–H and O–H groups in total. The van der Waals surface area contributed by atoms with Gasteiger partial charge in [-0.15, -0.1) is 11.6 Å². The monoisotopic (exact) mass is 239 g/mol. The van der Waals surface area contributed by atoms with Crippen molar-refractivity contribution in [1.29, 1.82) is 0 Å². The Labute approximate surface area is 99.8 Å². The van der Waals surface area contributed by atoms with E-state index in [2.05, 4.69) is 19.2 Å². The van der Waals surface area contributed by atoms with E-state index in [0.29, 0.717) is 11.5 Å². The summed E-state index contributed by atoms with van der Waals surface area (Å²) >= 11 is 5.29. The third-order valence-electron chi connectivity index (χ3n) is 2.21. The molecule has 0 atom stereocenters. The largest absolute Gasteiger partial charge is 0.291 e. The summed E-state index contributed by atoms with van der Waals surface area (Å²) in [5, 5.41) is 2.18. The molecule has 0 radical (unpaired) electrons. The van der Waals surface area contributed by atoms with Crippen molar-refractivity contribution in [3.8, 4) is 0 Å². The molecule has 2 amide bonds. The first-order valence-electron chi connectivity index (χ1n) is 5.04. The van der Waals surface area contributed by atoms with Crippen molar-refractivity contribution >= 4 is 23.4 Å². The summed E-state index contributed by atoms with van der Waals surface area (Å²) in [5.41, 5.74) is 1.61.